The lowest BCUT2D eigenvalue weighted by atomic mass is 10.1. The summed E-state index contributed by atoms with van der Waals surface area (Å²) in [5, 5.41) is 0. The normalized spacial score (nSPS) is 15.3. The van der Waals surface area contributed by atoms with Crippen LogP contribution >= 0.6 is 54.8 Å². The Hall–Kier alpha value is -0.0300. The quantitative estimate of drug-likeness (QED) is 0.589. The fraction of sp³-hybridized carbons (Fsp3) is 0.231. The Labute approximate surface area is 131 Å². The molecule has 0 N–H and O–H groups in total. The molecule has 1 aliphatic rings. The zero-order valence-electron chi connectivity index (χ0n) is 9.25. The predicted octanol–water partition coefficient (Wildman–Crippen LogP) is 5.58. The molecule has 94 valence electrons. The molecule has 5 heteroatoms. The number of rotatable bonds is 2. The first-order valence-electron chi connectivity index (χ1n) is 5.49. The Balaban J connectivity index is 1.94. The van der Waals surface area contributed by atoms with Crippen LogP contribution in [0.5, 0.6) is 5.75 Å². The van der Waals surface area contributed by atoms with Crippen molar-refractivity contribution in [2.75, 3.05) is 6.61 Å². The number of hydrogen-bond acceptors (Lipinski definition) is 2. The average Bonchev–Trinajstić information content (AvgIpc) is 2.95. The summed E-state index contributed by atoms with van der Waals surface area (Å²) in [6.45, 7) is 0.794. The van der Waals surface area contributed by atoms with Gasteiger partial charge in [-0.2, -0.15) is 0 Å². The minimum Gasteiger partial charge on any atom is -0.493 e. The first-order valence-corrected chi connectivity index (χ1v) is 8.40. The molecular weight excluding hydrogens is 399 g/mol. The standard InChI is InChI=1S/C13H9Br2ClOS/c14-9-6-11(18-13(9)16)12(15)8-1-2-10-7(5-8)3-4-17-10/h1-2,5-6,12H,3-4H2. The zero-order valence-corrected chi connectivity index (χ0v) is 14.0. The fourth-order valence-corrected chi connectivity index (χ4v) is 4.46. The maximum Gasteiger partial charge on any atom is 0.122 e. The molecular formula is C13H9Br2ClOS. The highest BCUT2D eigenvalue weighted by Crippen LogP contribution is 2.42. The molecule has 1 atom stereocenters. The fourth-order valence-electron chi connectivity index (χ4n) is 2.02. The summed E-state index contributed by atoms with van der Waals surface area (Å²) in [5.41, 5.74) is 2.53. The Kier molecular flexibility index (Phi) is 3.72. The van der Waals surface area contributed by atoms with Gasteiger partial charge < -0.3 is 4.74 Å². The molecule has 1 nitrogen and oxygen atoms in total. The molecule has 0 bridgehead atoms. The van der Waals surface area contributed by atoms with Gasteiger partial charge in [-0.3, -0.25) is 0 Å². The van der Waals surface area contributed by atoms with Crippen LogP contribution in [0, 0.1) is 0 Å². The maximum absolute atomic E-state index is 6.09. The van der Waals surface area contributed by atoms with E-state index in [-0.39, 0.29) is 4.83 Å². The molecule has 1 aromatic heterocycles. The molecule has 0 amide bonds. The number of ether oxygens (including phenoxy) is 1. The van der Waals surface area contributed by atoms with Crippen molar-refractivity contribution in [3.63, 3.8) is 0 Å². The molecule has 0 radical (unpaired) electrons. The van der Waals surface area contributed by atoms with E-state index in [2.05, 4.69) is 56.1 Å². The van der Waals surface area contributed by atoms with Gasteiger partial charge in [-0.1, -0.05) is 39.7 Å². The van der Waals surface area contributed by atoms with Crippen molar-refractivity contribution in [1.82, 2.24) is 0 Å². The largest absolute Gasteiger partial charge is 0.493 e. The molecule has 0 saturated heterocycles. The lowest BCUT2D eigenvalue weighted by Gasteiger charge is -2.09. The number of fused-ring (bicyclic) bond motifs is 1. The topological polar surface area (TPSA) is 9.23 Å². The van der Waals surface area contributed by atoms with Crippen LogP contribution in [0.25, 0.3) is 0 Å². The van der Waals surface area contributed by atoms with Crippen molar-refractivity contribution >= 4 is 54.8 Å². The summed E-state index contributed by atoms with van der Waals surface area (Å²) in [7, 11) is 0. The van der Waals surface area contributed by atoms with Gasteiger partial charge in [0, 0.05) is 15.8 Å². The van der Waals surface area contributed by atoms with Gasteiger partial charge >= 0.3 is 0 Å². The van der Waals surface area contributed by atoms with E-state index >= 15 is 0 Å². The highest BCUT2D eigenvalue weighted by Gasteiger charge is 2.18. The van der Waals surface area contributed by atoms with Crippen LogP contribution in [0.2, 0.25) is 4.34 Å². The van der Waals surface area contributed by atoms with Crippen molar-refractivity contribution in [2.45, 2.75) is 11.2 Å². The van der Waals surface area contributed by atoms with Crippen LogP contribution in [0.15, 0.2) is 28.7 Å². The second-order valence-corrected chi connectivity index (χ2v) is 7.55. The molecule has 3 rings (SSSR count). The van der Waals surface area contributed by atoms with Gasteiger partial charge in [0.15, 0.2) is 0 Å². The average molecular weight is 409 g/mol. The van der Waals surface area contributed by atoms with Crippen LogP contribution in [0.3, 0.4) is 0 Å². The van der Waals surface area contributed by atoms with E-state index in [1.54, 1.807) is 11.3 Å². The Morgan fingerprint density at radius 2 is 2.17 bits per heavy atom. The number of thiophene rings is 1. The summed E-state index contributed by atoms with van der Waals surface area (Å²) in [5.74, 6) is 1.02. The SMILES string of the molecule is Clc1sc(C(Br)c2ccc3c(c2)CCO3)cc1Br. The number of halogens is 3. The maximum atomic E-state index is 6.09. The molecule has 0 saturated carbocycles. The second-order valence-electron chi connectivity index (χ2n) is 4.10. The van der Waals surface area contributed by atoms with E-state index in [1.165, 1.54) is 16.0 Å². The lowest BCUT2D eigenvalue weighted by molar-refractivity contribution is 0.357. The number of benzene rings is 1. The van der Waals surface area contributed by atoms with Gasteiger partial charge in [-0.15, -0.1) is 11.3 Å². The number of alkyl halides is 1. The Morgan fingerprint density at radius 3 is 2.89 bits per heavy atom. The van der Waals surface area contributed by atoms with Gasteiger partial charge in [0.25, 0.3) is 0 Å². The molecule has 1 unspecified atom stereocenters. The summed E-state index contributed by atoms with van der Waals surface area (Å²) < 4.78 is 7.27. The monoisotopic (exact) mass is 406 g/mol. The molecule has 0 fully saturated rings. The lowest BCUT2D eigenvalue weighted by Crippen LogP contribution is -1.90. The highest BCUT2D eigenvalue weighted by molar-refractivity contribution is 9.10. The molecule has 18 heavy (non-hydrogen) atoms. The van der Waals surface area contributed by atoms with Gasteiger partial charge in [-0.25, -0.2) is 0 Å². The van der Waals surface area contributed by atoms with Crippen molar-refractivity contribution < 1.29 is 4.74 Å². The Morgan fingerprint density at radius 1 is 1.33 bits per heavy atom. The van der Waals surface area contributed by atoms with E-state index < -0.39 is 0 Å². The van der Waals surface area contributed by atoms with Gasteiger partial charge in [0.2, 0.25) is 0 Å². The van der Waals surface area contributed by atoms with Gasteiger partial charge in [0.05, 0.1) is 11.4 Å². The summed E-state index contributed by atoms with van der Waals surface area (Å²) >= 11 is 14.9. The molecule has 0 spiro atoms. The third kappa shape index (κ3) is 2.36. The van der Waals surface area contributed by atoms with Crippen molar-refractivity contribution in [3.05, 3.63) is 49.1 Å². The smallest absolute Gasteiger partial charge is 0.122 e. The summed E-state index contributed by atoms with van der Waals surface area (Å²) in [6.07, 6.45) is 0.998. The molecule has 0 aliphatic carbocycles. The van der Waals surface area contributed by atoms with E-state index in [4.69, 9.17) is 16.3 Å². The predicted molar refractivity (Wildman–Crippen MR) is 83.4 cm³/mol. The third-order valence-electron chi connectivity index (χ3n) is 2.92. The molecule has 1 aromatic carbocycles. The van der Waals surface area contributed by atoms with Crippen LogP contribution < -0.4 is 4.74 Å². The van der Waals surface area contributed by atoms with E-state index in [9.17, 15) is 0 Å². The summed E-state index contributed by atoms with van der Waals surface area (Å²) in [6, 6.07) is 8.43. The zero-order chi connectivity index (χ0) is 12.7. The molecule has 2 heterocycles. The van der Waals surface area contributed by atoms with Crippen molar-refractivity contribution in [2.24, 2.45) is 0 Å². The second kappa shape index (κ2) is 5.16. The summed E-state index contributed by atoms with van der Waals surface area (Å²) in [4.78, 5) is 1.38. The van der Waals surface area contributed by atoms with Crippen molar-refractivity contribution in [3.8, 4) is 5.75 Å². The van der Waals surface area contributed by atoms with Crippen LogP contribution in [0.4, 0.5) is 0 Å². The van der Waals surface area contributed by atoms with Crippen LogP contribution in [0.1, 0.15) is 20.8 Å². The van der Waals surface area contributed by atoms with E-state index in [0.717, 1.165) is 27.6 Å². The van der Waals surface area contributed by atoms with E-state index in [0.29, 0.717) is 0 Å². The first-order chi connectivity index (χ1) is 8.65. The molecule has 2 aromatic rings. The van der Waals surface area contributed by atoms with Gasteiger partial charge in [-0.05, 0) is 39.2 Å². The third-order valence-corrected chi connectivity index (χ3v) is 6.78. The minimum absolute atomic E-state index is 0.178. The van der Waals surface area contributed by atoms with Crippen LogP contribution in [-0.2, 0) is 6.42 Å². The van der Waals surface area contributed by atoms with Crippen molar-refractivity contribution in [1.29, 1.82) is 0 Å². The number of hydrogen-bond donors (Lipinski definition) is 0. The van der Waals surface area contributed by atoms with Crippen LogP contribution in [-0.4, -0.2) is 6.61 Å². The molecule has 1 aliphatic heterocycles. The minimum atomic E-state index is 0.178. The first kappa shape index (κ1) is 13.0. The van der Waals surface area contributed by atoms with E-state index in [1.807, 2.05) is 0 Å². The Bertz CT molecular complexity index is 577. The highest BCUT2D eigenvalue weighted by atomic mass is 79.9. The van der Waals surface area contributed by atoms with Gasteiger partial charge in [0.1, 0.15) is 10.1 Å².